The number of rotatable bonds is 0. The van der Waals surface area contributed by atoms with Gasteiger partial charge in [-0.1, -0.05) is 17.7 Å². The molecule has 1 aromatic carbocycles. The van der Waals surface area contributed by atoms with Gasteiger partial charge in [0, 0.05) is 0 Å². The Morgan fingerprint density at radius 3 is 2.83 bits per heavy atom. The highest BCUT2D eigenvalue weighted by Crippen LogP contribution is 2.36. The third-order valence-corrected chi connectivity index (χ3v) is 2.59. The Balaban J connectivity index is 2.97. The fraction of sp³-hybridized carbons (Fsp3) is 0. The van der Waals surface area contributed by atoms with Gasteiger partial charge in [0.2, 0.25) is 0 Å². The number of hydrogen-bond donors (Lipinski definition) is 2. The summed E-state index contributed by atoms with van der Waals surface area (Å²) >= 11 is 9.05. The van der Waals surface area contributed by atoms with Crippen molar-refractivity contribution >= 4 is 38.4 Å². The molecule has 2 aromatic rings. The second-order valence-electron chi connectivity index (χ2n) is 2.45. The van der Waals surface area contributed by atoms with Gasteiger partial charge in [-0.25, -0.2) is 0 Å². The SMILES string of the molecule is Oc1c(Br)[nH]c2cccc(Cl)c12. The highest BCUT2D eigenvalue weighted by atomic mass is 79.9. The molecule has 0 saturated carbocycles. The largest absolute Gasteiger partial charge is 0.504 e. The number of hydrogen-bond acceptors (Lipinski definition) is 1. The van der Waals surface area contributed by atoms with Gasteiger partial charge in [0.15, 0.2) is 5.75 Å². The maximum absolute atomic E-state index is 9.52. The van der Waals surface area contributed by atoms with Gasteiger partial charge in [0.1, 0.15) is 4.60 Å². The minimum Gasteiger partial charge on any atom is -0.504 e. The second-order valence-corrected chi connectivity index (χ2v) is 3.65. The van der Waals surface area contributed by atoms with Crippen LogP contribution in [0.15, 0.2) is 22.8 Å². The molecule has 1 heterocycles. The molecule has 0 aliphatic carbocycles. The first-order valence-electron chi connectivity index (χ1n) is 3.35. The summed E-state index contributed by atoms with van der Waals surface area (Å²) in [4.78, 5) is 2.95. The zero-order valence-corrected chi connectivity index (χ0v) is 8.28. The number of fused-ring (bicyclic) bond motifs is 1. The van der Waals surface area contributed by atoms with E-state index in [2.05, 4.69) is 20.9 Å². The zero-order valence-electron chi connectivity index (χ0n) is 5.94. The zero-order chi connectivity index (χ0) is 8.72. The molecule has 0 aliphatic heterocycles. The van der Waals surface area contributed by atoms with E-state index in [0.717, 1.165) is 5.52 Å². The number of benzene rings is 1. The van der Waals surface area contributed by atoms with Crippen LogP contribution in [0, 0.1) is 0 Å². The van der Waals surface area contributed by atoms with Gasteiger partial charge in [-0.15, -0.1) is 0 Å². The molecule has 2 rings (SSSR count). The normalized spacial score (nSPS) is 10.8. The molecule has 2 nitrogen and oxygen atoms in total. The fourth-order valence-electron chi connectivity index (χ4n) is 1.16. The summed E-state index contributed by atoms with van der Waals surface area (Å²) in [6.07, 6.45) is 0. The lowest BCUT2D eigenvalue weighted by Gasteiger charge is -1.92. The highest BCUT2D eigenvalue weighted by molar-refractivity contribution is 9.10. The van der Waals surface area contributed by atoms with E-state index in [1.165, 1.54) is 0 Å². The van der Waals surface area contributed by atoms with Crippen LogP contribution >= 0.6 is 27.5 Å². The first-order chi connectivity index (χ1) is 5.70. The Bertz CT molecular complexity index is 438. The van der Waals surface area contributed by atoms with Crippen molar-refractivity contribution in [3.63, 3.8) is 0 Å². The summed E-state index contributed by atoms with van der Waals surface area (Å²) in [5.74, 6) is 0.163. The van der Waals surface area contributed by atoms with E-state index in [0.29, 0.717) is 15.0 Å². The Hall–Kier alpha value is -0.670. The van der Waals surface area contributed by atoms with Crippen molar-refractivity contribution in [1.82, 2.24) is 4.98 Å². The predicted octanol–water partition coefficient (Wildman–Crippen LogP) is 3.29. The molecular weight excluding hydrogens is 241 g/mol. The number of aromatic nitrogens is 1. The molecule has 0 spiro atoms. The van der Waals surface area contributed by atoms with Gasteiger partial charge >= 0.3 is 0 Å². The monoisotopic (exact) mass is 245 g/mol. The maximum Gasteiger partial charge on any atom is 0.157 e. The third-order valence-electron chi connectivity index (χ3n) is 1.70. The standard InChI is InChI=1S/C8H5BrClNO/c9-8-7(12)6-4(10)2-1-3-5(6)11-8/h1-3,11-12H. The van der Waals surface area contributed by atoms with Gasteiger partial charge in [0.25, 0.3) is 0 Å². The van der Waals surface area contributed by atoms with Crippen LogP contribution < -0.4 is 0 Å². The Morgan fingerprint density at radius 2 is 2.17 bits per heavy atom. The van der Waals surface area contributed by atoms with Gasteiger partial charge in [0.05, 0.1) is 15.9 Å². The Kier molecular flexibility index (Phi) is 1.77. The number of halogens is 2. The van der Waals surface area contributed by atoms with Crippen LogP contribution in [-0.4, -0.2) is 10.1 Å². The van der Waals surface area contributed by atoms with Crippen LogP contribution in [0.3, 0.4) is 0 Å². The van der Waals surface area contributed by atoms with Crippen LogP contribution in [0.5, 0.6) is 5.75 Å². The molecule has 0 amide bonds. The number of H-pyrrole nitrogens is 1. The van der Waals surface area contributed by atoms with Gasteiger partial charge < -0.3 is 10.1 Å². The lowest BCUT2D eigenvalue weighted by atomic mass is 10.2. The van der Waals surface area contributed by atoms with Gasteiger partial charge in [-0.3, -0.25) is 0 Å². The molecule has 0 unspecified atom stereocenters. The average Bonchev–Trinajstić information content (AvgIpc) is 2.29. The topological polar surface area (TPSA) is 36.0 Å². The molecule has 0 fully saturated rings. The lowest BCUT2D eigenvalue weighted by Crippen LogP contribution is -1.67. The third kappa shape index (κ3) is 1.01. The van der Waals surface area contributed by atoms with Crippen LogP contribution in [-0.2, 0) is 0 Å². The van der Waals surface area contributed by atoms with E-state index in [-0.39, 0.29) is 5.75 Å². The van der Waals surface area contributed by atoms with Gasteiger partial charge in [-0.2, -0.15) is 0 Å². The number of aromatic hydroxyl groups is 1. The van der Waals surface area contributed by atoms with Crippen molar-refractivity contribution in [2.75, 3.05) is 0 Å². The summed E-state index contributed by atoms with van der Waals surface area (Å²) < 4.78 is 0.561. The first-order valence-corrected chi connectivity index (χ1v) is 4.52. The predicted molar refractivity (Wildman–Crippen MR) is 52.7 cm³/mol. The number of nitrogens with one attached hydrogen (secondary N) is 1. The van der Waals surface area contributed by atoms with Crippen LogP contribution in [0.1, 0.15) is 0 Å². The fourth-order valence-corrected chi connectivity index (χ4v) is 1.83. The second kappa shape index (κ2) is 2.68. The van der Waals surface area contributed by atoms with Crippen molar-refractivity contribution in [1.29, 1.82) is 0 Å². The molecule has 62 valence electrons. The highest BCUT2D eigenvalue weighted by Gasteiger charge is 2.09. The van der Waals surface area contributed by atoms with E-state index in [1.807, 2.05) is 12.1 Å². The molecule has 0 saturated heterocycles. The molecule has 1 aromatic heterocycles. The summed E-state index contributed by atoms with van der Waals surface area (Å²) in [7, 11) is 0. The van der Waals surface area contributed by atoms with Crippen molar-refractivity contribution in [3.8, 4) is 5.75 Å². The van der Waals surface area contributed by atoms with E-state index >= 15 is 0 Å². The van der Waals surface area contributed by atoms with Crippen LogP contribution in [0.25, 0.3) is 10.9 Å². The lowest BCUT2D eigenvalue weighted by molar-refractivity contribution is 0.478. The summed E-state index contributed by atoms with van der Waals surface area (Å²) in [5.41, 5.74) is 0.826. The minimum absolute atomic E-state index is 0.163. The maximum atomic E-state index is 9.52. The smallest absolute Gasteiger partial charge is 0.157 e. The van der Waals surface area contributed by atoms with Crippen LogP contribution in [0.2, 0.25) is 5.02 Å². The van der Waals surface area contributed by atoms with E-state index in [1.54, 1.807) is 6.07 Å². The number of aromatic amines is 1. The summed E-state index contributed by atoms with van der Waals surface area (Å²) in [6, 6.07) is 5.42. The van der Waals surface area contributed by atoms with E-state index in [9.17, 15) is 5.11 Å². The Labute approximate surface area is 82.3 Å². The molecule has 0 radical (unpaired) electrons. The molecule has 12 heavy (non-hydrogen) atoms. The van der Waals surface area contributed by atoms with Crippen LogP contribution in [0.4, 0.5) is 0 Å². The van der Waals surface area contributed by atoms with E-state index in [4.69, 9.17) is 11.6 Å². The van der Waals surface area contributed by atoms with Crippen molar-refractivity contribution in [3.05, 3.63) is 27.8 Å². The summed E-state index contributed by atoms with van der Waals surface area (Å²) in [5, 5.41) is 10.7. The molecule has 0 bridgehead atoms. The molecule has 2 N–H and O–H groups in total. The van der Waals surface area contributed by atoms with Crippen molar-refractivity contribution < 1.29 is 5.11 Å². The molecule has 4 heteroatoms. The van der Waals surface area contributed by atoms with Crippen molar-refractivity contribution in [2.24, 2.45) is 0 Å². The van der Waals surface area contributed by atoms with E-state index < -0.39 is 0 Å². The van der Waals surface area contributed by atoms with Crippen molar-refractivity contribution in [2.45, 2.75) is 0 Å². The molecular formula is C8H5BrClNO. The van der Waals surface area contributed by atoms with Gasteiger partial charge in [-0.05, 0) is 28.1 Å². The first kappa shape index (κ1) is 7.95. The quantitative estimate of drug-likeness (QED) is 0.735. The molecule has 0 aliphatic rings. The summed E-state index contributed by atoms with van der Waals surface area (Å²) in [6.45, 7) is 0. The minimum atomic E-state index is 0.163. The average molecular weight is 246 g/mol. The Morgan fingerprint density at radius 1 is 1.42 bits per heavy atom. The molecule has 0 atom stereocenters.